The summed E-state index contributed by atoms with van der Waals surface area (Å²) in [6.07, 6.45) is 2.66. The molecule has 7 heteroatoms. The molecule has 0 aliphatic carbocycles. The number of para-hydroxylation sites is 1. The van der Waals surface area contributed by atoms with E-state index in [-0.39, 0.29) is 29.0 Å². The van der Waals surface area contributed by atoms with Gasteiger partial charge in [0.15, 0.2) is 11.5 Å². The molecular weight excluding hydrogens is 366 g/mol. The Morgan fingerprint density at radius 2 is 1.93 bits per heavy atom. The summed E-state index contributed by atoms with van der Waals surface area (Å²) in [6, 6.07) is 13.2. The Morgan fingerprint density at radius 3 is 2.54 bits per heavy atom. The fourth-order valence-corrected chi connectivity index (χ4v) is 2.69. The van der Waals surface area contributed by atoms with E-state index in [4.69, 9.17) is 10.00 Å². The molecule has 0 fully saturated rings. The van der Waals surface area contributed by atoms with Crippen LogP contribution in [0.4, 0.5) is 14.5 Å². The summed E-state index contributed by atoms with van der Waals surface area (Å²) in [7, 11) is 1.34. The van der Waals surface area contributed by atoms with Gasteiger partial charge in [-0.25, -0.2) is 0 Å². The molecule has 0 unspecified atom stereocenters. The summed E-state index contributed by atoms with van der Waals surface area (Å²) < 4.78 is 35.1. The molecule has 5 nitrogen and oxygen atoms in total. The summed E-state index contributed by atoms with van der Waals surface area (Å²) >= 11 is 0. The van der Waals surface area contributed by atoms with Crippen molar-refractivity contribution >= 4 is 17.7 Å². The highest BCUT2D eigenvalue weighted by Gasteiger charge is 2.18. The van der Waals surface area contributed by atoms with Crippen LogP contribution in [-0.4, -0.2) is 25.7 Å². The second kappa shape index (κ2) is 9.51. The zero-order chi connectivity index (χ0) is 20.7. The lowest BCUT2D eigenvalue weighted by Crippen LogP contribution is -2.35. The fraction of sp³-hybridized carbons (Fsp3) is 0.238. The van der Waals surface area contributed by atoms with Gasteiger partial charge in [0.2, 0.25) is 0 Å². The molecule has 0 saturated carbocycles. The Bertz CT molecular complexity index is 905. The summed E-state index contributed by atoms with van der Waals surface area (Å²) in [5, 5.41) is 9.07. The first-order valence-electron chi connectivity index (χ1n) is 8.50. The molecule has 0 aliphatic rings. The minimum Gasteiger partial charge on any atom is -0.493 e. The van der Waals surface area contributed by atoms with Gasteiger partial charge < -0.3 is 14.4 Å². The molecule has 0 saturated heterocycles. The number of methoxy groups -OCH3 is 1. The van der Waals surface area contributed by atoms with Crippen LogP contribution in [-0.2, 0) is 4.79 Å². The van der Waals surface area contributed by atoms with Gasteiger partial charge in [0, 0.05) is 23.4 Å². The smallest absolute Gasteiger partial charge is 0.387 e. The number of nitrogens with zero attached hydrogens (tertiary/aromatic N) is 2. The van der Waals surface area contributed by atoms with E-state index < -0.39 is 6.61 Å². The standard InChI is InChI=1S/C21H20F2N2O3/c1-14(2)25(17-8-4-6-15(12-17)13-24)19(26)11-10-16-7-5-9-18(27-3)20(16)28-21(22)23/h4-12,14,21H,1-3H3/b11-10+. The number of anilines is 1. The quantitative estimate of drug-likeness (QED) is 0.651. The Labute approximate surface area is 162 Å². The molecule has 0 spiro atoms. The highest BCUT2D eigenvalue weighted by atomic mass is 19.3. The van der Waals surface area contributed by atoms with Crippen molar-refractivity contribution in [1.82, 2.24) is 0 Å². The Morgan fingerprint density at radius 1 is 1.21 bits per heavy atom. The molecule has 0 aromatic heterocycles. The van der Waals surface area contributed by atoms with Crippen LogP contribution < -0.4 is 14.4 Å². The van der Waals surface area contributed by atoms with E-state index in [2.05, 4.69) is 4.74 Å². The Balaban J connectivity index is 2.36. The number of carbonyl (C=O) groups excluding carboxylic acids is 1. The van der Waals surface area contributed by atoms with Crippen molar-refractivity contribution < 1.29 is 23.0 Å². The largest absolute Gasteiger partial charge is 0.493 e. The first-order valence-corrected chi connectivity index (χ1v) is 8.50. The lowest BCUT2D eigenvalue weighted by molar-refractivity contribution is -0.114. The SMILES string of the molecule is COc1cccc(/C=C/C(=O)N(c2cccc(C#N)c2)C(C)C)c1OC(F)F. The highest BCUT2D eigenvalue weighted by molar-refractivity contribution is 6.04. The van der Waals surface area contributed by atoms with E-state index in [9.17, 15) is 13.6 Å². The minimum absolute atomic E-state index is 0.136. The minimum atomic E-state index is -3.03. The number of hydrogen-bond donors (Lipinski definition) is 0. The molecule has 2 rings (SSSR count). The van der Waals surface area contributed by atoms with E-state index in [0.717, 1.165) is 0 Å². The number of hydrogen-bond acceptors (Lipinski definition) is 4. The third-order valence-electron chi connectivity index (χ3n) is 3.85. The average Bonchev–Trinajstić information content (AvgIpc) is 2.66. The molecule has 146 valence electrons. The van der Waals surface area contributed by atoms with Crippen LogP contribution in [0.1, 0.15) is 25.0 Å². The maximum Gasteiger partial charge on any atom is 0.387 e. The van der Waals surface area contributed by atoms with Crippen molar-refractivity contribution in [2.45, 2.75) is 26.5 Å². The number of alkyl halides is 2. The first kappa shape index (κ1) is 20.9. The van der Waals surface area contributed by atoms with Crippen LogP contribution in [0.5, 0.6) is 11.5 Å². The summed E-state index contributed by atoms with van der Waals surface area (Å²) in [6.45, 7) is 0.642. The zero-order valence-electron chi connectivity index (χ0n) is 15.7. The molecule has 0 heterocycles. The van der Waals surface area contributed by atoms with E-state index >= 15 is 0 Å². The molecule has 2 aromatic rings. The van der Waals surface area contributed by atoms with Crippen molar-refractivity contribution in [3.05, 3.63) is 59.7 Å². The first-order chi connectivity index (χ1) is 13.4. The lowest BCUT2D eigenvalue weighted by atomic mass is 10.1. The third kappa shape index (κ3) is 5.07. The van der Waals surface area contributed by atoms with Crippen LogP contribution in [0.3, 0.4) is 0 Å². The number of halogens is 2. The topological polar surface area (TPSA) is 62.6 Å². The van der Waals surface area contributed by atoms with Crippen LogP contribution in [0.15, 0.2) is 48.5 Å². The summed E-state index contributed by atoms with van der Waals surface area (Å²) in [5.41, 5.74) is 1.28. The van der Waals surface area contributed by atoms with Gasteiger partial charge in [-0.05, 0) is 44.2 Å². The molecular formula is C21H20F2N2O3. The zero-order valence-corrected chi connectivity index (χ0v) is 15.7. The van der Waals surface area contributed by atoms with E-state index in [1.165, 1.54) is 30.2 Å². The Hall–Kier alpha value is -3.40. The molecule has 28 heavy (non-hydrogen) atoms. The molecule has 0 aliphatic heterocycles. The molecule has 0 bridgehead atoms. The van der Waals surface area contributed by atoms with E-state index in [1.54, 1.807) is 36.4 Å². The second-order valence-electron chi connectivity index (χ2n) is 6.05. The lowest BCUT2D eigenvalue weighted by Gasteiger charge is -2.25. The number of amides is 1. The van der Waals surface area contributed by atoms with Crippen LogP contribution in [0, 0.1) is 11.3 Å². The van der Waals surface area contributed by atoms with Gasteiger partial charge in [-0.3, -0.25) is 4.79 Å². The van der Waals surface area contributed by atoms with Crippen LogP contribution in [0.2, 0.25) is 0 Å². The normalized spacial score (nSPS) is 10.9. The molecule has 1 amide bonds. The van der Waals surface area contributed by atoms with Gasteiger partial charge in [0.1, 0.15) is 0 Å². The summed E-state index contributed by atoms with van der Waals surface area (Å²) in [4.78, 5) is 14.3. The van der Waals surface area contributed by atoms with Gasteiger partial charge in [0.05, 0.1) is 18.7 Å². The molecule has 2 aromatic carbocycles. The van der Waals surface area contributed by atoms with Crippen molar-refractivity contribution in [2.75, 3.05) is 12.0 Å². The van der Waals surface area contributed by atoms with Gasteiger partial charge in [-0.2, -0.15) is 14.0 Å². The fourth-order valence-electron chi connectivity index (χ4n) is 2.69. The molecule has 0 N–H and O–H groups in total. The molecule has 0 radical (unpaired) electrons. The maximum absolute atomic E-state index is 12.8. The van der Waals surface area contributed by atoms with Crippen LogP contribution >= 0.6 is 0 Å². The van der Waals surface area contributed by atoms with Crippen molar-refractivity contribution in [3.8, 4) is 17.6 Å². The highest BCUT2D eigenvalue weighted by Crippen LogP contribution is 2.33. The molecule has 0 atom stereocenters. The average molecular weight is 386 g/mol. The monoisotopic (exact) mass is 386 g/mol. The Kier molecular flexibility index (Phi) is 7.10. The number of benzene rings is 2. The van der Waals surface area contributed by atoms with Crippen molar-refractivity contribution in [2.24, 2.45) is 0 Å². The van der Waals surface area contributed by atoms with E-state index in [1.807, 2.05) is 19.9 Å². The van der Waals surface area contributed by atoms with Gasteiger partial charge in [0.25, 0.3) is 5.91 Å². The second-order valence-corrected chi connectivity index (χ2v) is 6.05. The third-order valence-corrected chi connectivity index (χ3v) is 3.85. The summed E-state index contributed by atoms with van der Waals surface area (Å²) in [5.74, 6) is -0.375. The maximum atomic E-state index is 12.8. The van der Waals surface area contributed by atoms with Gasteiger partial charge in [-0.15, -0.1) is 0 Å². The van der Waals surface area contributed by atoms with E-state index in [0.29, 0.717) is 11.3 Å². The number of ether oxygens (including phenoxy) is 2. The number of rotatable bonds is 7. The van der Waals surface area contributed by atoms with Crippen molar-refractivity contribution in [1.29, 1.82) is 5.26 Å². The van der Waals surface area contributed by atoms with Gasteiger partial charge >= 0.3 is 6.61 Å². The number of nitriles is 1. The van der Waals surface area contributed by atoms with Gasteiger partial charge in [-0.1, -0.05) is 18.2 Å². The predicted octanol–water partition coefficient (Wildman–Crippen LogP) is 4.62. The number of carbonyl (C=O) groups is 1. The van der Waals surface area contributed by atoms with Crippen LogP contribution in [0.25, 0.3) is 6.08 Å². The predicted molar refractivity (Wildman–Crippen MR) is 102 cm³/mol. The van der Waals surface area contributed by atoms with Crippen molar-refractivity contribution in [3.63, 3.8) is 0 Å².